The van der Waals surface area contributed by atoms with E-state index in [1.807, 2.05) is 19.1 Å². The van der Waals surface area contributed by atoms with Crippen molar-refractivity contribution < 1.29 is 0 Å². The molecule has 1 atom stereocenters. The number of likely N-dealkylation sites (N-methyl/N-ethyl adjacent to an activating group) is 1. The Hall–Kier alpha value is -2.65. The van der Waals surface area contributed by atoms with Crippen molar-refractivity contribution >= 4 is 28.2 Å². The molecule has 0 spiro atoms. The molecule has 0 amide bonds. The minimum absolute atomic E-state index is 0.415. The first kappa shape index (κ1) is 21.6. The fourth-order valence-electron chi connectivity index (χ4n) is 4.38. The van der Waals surface area contributed by atoms with Gasteiger partial charge in [-0.15, -0.1) is 0 Å². The minimum atomic E-state index is 0.415. The summed E-state index contributed by atoms with van der Waals surface area (Å²) in [6.07, 6.45) is 2.60. The van der Waals surface area contributed by atoms with Gasteiger partial charge in [0.05, 0.1) is 21.8 Å². The average Bonchev–Trinajstić information content (AvgIpc) is 2.78. The third-order valence-corrected chi connectivity index (χ3v) is 6.28. The maximum Gasteiger partial charge on any atom is 0.103 e. The summed E-state index contributed by atoms with van der Waals surface area (Å²) >= 11 is 6.39. The fraction of sp³-hybridized carbons (Fsp3) is 0.360. The Labute approximate surface area is 189 Å². The van der Waals surface area contributed by atoms with Gasteiger partial charge in [-0.3, -0.25) is 9.88 Å². The standard InChI is InChI=1S/C25H28ClN5/c1-18-13-21-24(20(15-27)16-29-25(21)22(26)14-18)28-9-6-10-31-12-11-30(2)17-23(31)19-7-4-3-5-8-19/h3-5,7-8,13-14,16,23H,6,9-12,17H2,1-2H3,(H,28,29). The summed E-state index contributed by atoms with van der Waals surface area (Å²) in [5.74, 6) is 0. The van der Waals surface area contributed by atoms with E-state index in [0.717, 1.165) is 61.3 Å². The van der Waals surface area contributed by atoms with Gasteiger partial charge in [0.2, 0.25) is 0 Å². The van der Waals surface area contributed by atoms with E-state index in [-0.39, 0.29) is 0 Å². The van der Waals surface area contributed by atoms with Crippen LogP contribution in [0.3, 0.4) is 0 Å². The van der Waals surface area contributed by atoms with E-state index < -0.39 is 0 Å². The van der Waals surface area contributed by atoms with Crippen LogP contribution in [0.25, 0.3) is 10.9 Å². The molecular formula is C25H28ClN5. The number of hydrogen-bond acceptors (Lipinski definition) is 5. The zero-order valence-electron chi connectivity index (χ0n) is 18.1. The number of aryl methyl sites for hydroxylation is 1. The molecule has 0 radical (unpaired) electrons. The second kappa shape index (κ2) is 9.65. The number of piperazine rings is 1. The number of nitrogens with one attached hydrogen (secondary N) is 1. The van der Waals surface area contributed by atoms with Gasteiger partial charge in [-0.25, -0.2) is 0 Å². The van der Waals surface area contributed by atoms with Crippen LogP contribution in [0.4, 0.5) is 5.69 Å². The number of pyridine rings is 1. The number of anilines is 1. The zero-order valence-corrected chi connectivity index (χ0v) is 18.9. The van der Waals surface area contributed by atoms with Gasteiger partial charge < -0.3 is 10.2 Å². The number of fused-ring (bicyclic) bond motifs is 1. The molecule has 5 nitrogen and oxygen atoms in total. The normalized spacial score (nSPS) is 17.5. The lowest BCUT2D eigenvalue weighted by Gasteiger charge is -2.40. The minimum Gasteiger partial charge on any atom is -0.383 e. The monoisotopic (exact) mass is 433 g/mol. The van der Waals surface area contributed by atoms with Crippen LogP contribution in [-0.4, -0.2) is 54.6 Å². The van der Waals surface area contributed by atoms with Gasteiger partial charge in [0.1, 0.15) is 6.07 Å². The molecule has 1 aliphatic rings. The zero-order chi connectivity index (χ0) is 21.8. The third kappa shape index (κ3) is 4.83. The molecule has 1 saturated heterocycles. The molecule has 4 rings (SSSR count). The lowest BCUT2D eigenvalue weighted by molar-refractivity contribution is 0.0897. The van der Waals surface area contributed by atoms with Crippen molar-refractivity contribution in [1.29, 1.82) is 5.26 Å². The predicted octanol–water partition coefficient (Wildman–Crippen LogP) is 4.86. The number of nitriles is 1. The molecule has 1 unspecified atom stereocenters. The van der Waals surface area contributed by atoms with Crippen LogP contribution in [0.1, 0.15) is 29.2 Å². The van der Waals surface area contributed by atoms with Crippen LogP contribution in [0.15, 0.2) is 48.7 Å². The summed E-state index contributed by atoms with van der Waals surface area (Å²) < 4.78 is 0. The van der Waals surface area contributed by atoms with Crippen LogP contribution in [-0.2, 0) is 0 Å². The van der Waals surface area contributed by atoms with E-state index in [2.05, 4.69) is 63.5 Å². The van der Waals surface area contributed by atoms with Crippen molar-refractivity contribution in [2.75, 3.05) is 45.1 Å². The molecule has 0 aliphatic carbocycles. The van der Waals surface area contributed by atoms with E-state index >= 15 is 0 Å². The Morgan fingerprint density at radius 3 is 2.81 bits per heavy atom. The number of hydrogen-bond donors (Lipinski definition) is 1. The maximum atomic E-state index is 9.59. The molecule has 1 N–H and O–H groups in total. The van der Waals surface area contributed by atoms with Crippen LogP contribution in [0.2, 0.25) is 5.02 Å². The number of aromatic nitrogens is 1. The van der Waals surface area contributed by atoms with Crippen LogP contribution in [0, 0.1) is 18.3 Å². The lowest BCUT2D eigenvalue weighted by Crippen LogP contribution is -2.47. The van der Waals surface area contributed by atoms with Crippen molar-refractivity contribution in [1.82, 2.24) is 14.8 Å². The van der Waals surface area contributed by atoms with Crippen molar-refractivity contribution in [3.05, 3.63) is 70.4 Å². The first-order valence-corrected chi connectivity index (χ1v) is 11.1. The molecule has 160 valence electrons. The largest absolute Gasteiger partial charge is 0.383 e. The summed E-state index contributed by atoms with van der Waals surface area (Å²) in [6, 6.07) is 17.4. The van der Waals surface area contributed by atoms with Crippen molar-refractivity contribution in [3.63, 3.8) is 0 Å². The molecule has 1 fully saturated rings. The number of benzene rings is 2. The molecule has 2 heterocycles. The number of halogens is 1. The molecule has 0 bridgehead atoms. The highest BCUT2D eigenvalue weighted by Crippen LogP contribution is 2.31. The Morgan fingerprint density at radius 2 is 2.03 bits per heavy atom. The summed E-state index contributed by atoms with van der Waals surface area (Å²) in [5.41, 5.74) is 4.54. The van der Waals surface area contributed by atoms with Crippen molar-refractivity contribution in [3.8, 4) is 6.07 Å². The van der Waals surface area contributed by atoms with Crippen molar-refractivity contribution in [2.45, 2.75) is 19.4 Å². The Balaban J connectivity index is 1.46. The van der Waals surface area contributed by atoms with Gasteiger partial charge in [-0.2, -0.15) is 5.26 Å². The van der Waals surface area contributed by atoms with E-state index in [1.54, 1.807) is 6.20 Å². The molecule has 1 aromatic heterocycles. The topological polar surface area (TPSA) is 55.2 Å². The highest BCUT2D eigenvalue weighted by atomic mass is 35.5. The summed E-state index contributed by atoms with van der Waals surface area (Å²) in [4.78, 5) is 9.38. The SMILES string of the molecule is Cc1cc(Cl)c2ncc(C#N)c(NCCCN3CCN(C)CC3c3ccccc3)c2c1. The Morgan fingerprint density at radius 1 is 1.23 bits per heavy atom. The lowest BCUT2D eigenvalue weighted by atomic mass is 10.0. The summed E-state index contributed by atoms with van der Waals surface area (Å²) in [7, 11) is 2.19. The van der Waals surface area contributed by atoms with E-state index in [0.29, 0.717) is 16.6 Å². The van der Waals surface area contributed by atoms with Crippen molar-refractivity contribution in [2.24, 2.45) is 0 Å². The smallest absolute Gasteiger partial charge is 0.103 e. The Bertz CT molecular complexity index is 1090. The molecule has 3 aromatic rings. The van der Waals surface area contributed by atoms with Crippen LogP contribution in [0.5, 0.6) is 0 Å². The van der Waals surface area contributed by atoms with Gasteiger partial charge in [0.25, 0.3) is 0 Å². The first-order chi connectivity index (χ1) is 15.1. The predicted molar refractivity (Wildman–Crippen MR) is 128 cm³/mol. The molecule has 1 aliphatic heterocycles. The van der Waals surface area contributed by atoms with Gasteiger partial charge in [-0.05, 0) is 43.7 Å². The van der Waals surface area contributed by atoms with Crippen LogP contribution < -0.4 is 5.32 Å². The van der Waals surface area contributed by atoms with E-state index in [9.17, 15) is 5.26 Å². The molecular weight excluding hydrogens is 406 g/mol. The summed E-state index contributed by atoms with van der Waals surface area (Å²) in [6.45, 7) is 6.99. The maximum absolute atomic E-state index is 9.59. The van der Waals surface area contributed by atoms with Crippen LogP contribution >= 0.6 is 11.6 Å². The Kier molecular flexibility index (Phi) is 6.72. The molecule has 6 heteroatoms. The van der Waals surface area contributed by atoms with Gasteiger partial charge in [0.15, 0.2) is 0 Å². The van der Waals surface area contributed by atoms with Gasteiger partial charge >= 0.3 is 0 Å². The van der Waals surface area contributed by atoms with Gasteiger partial charge in [0, 0.05) is 50.3 Å². The van der Waals surface area contributed by atoms with E-state index in [1.165, 1.54) is 5.56 Å². The molecule has 31 heavy (non-hydrogen) atoms. The first-order valence-electron chi connectivity index (χ1n) is 10.8. The third-order valence-electron chi connectivity index (χ3n) is 5.99. The second-order valence-corrected chi connectivity index (χ2v) is 8.71. The van der Waals surface area contributed by atoms with Gasteiger partial charge in [-0.1, -0.05) is 41.9 Å². The number of nitrogens with zero attached hydrogens (tertiary/aromatic N) is 4. The summed E-state index contributed by atoms with van der Waals surface area (Å²) in [5, 5.41) is 14.6. The molecule has 0 saturated carbocycles. The molecule has 2 aromatic carbocycles. The highest BCUT2D eigenvalue weighted by Gasteiger charge is 2.26. The van der Waals surface area contributed by atoms with E-state index in [4.69, 9.17) is 11.6 Å². The fourth-order valence-corrected chi connectivity index (χ4v) is 4.70. The number of rotatable bonds is 6. The average molecular weight is 434 g/mol. The second-order valence-electron chi connectivity index (χ2n) is 8.31. The quantitative estimate of drug-likeness (QED) is 0.562. The highest BCUT2D eigenvalue weighted by molar-refractivity contribution is 6.35.